The van der Waals surface area contributed by atoms with Crippen LogP contribution in [0, 0.1) is 0 Å². The highest BCUT2D eigenvalue weighted by Gasteiger charge is 2.20. The molecule has 2 aliphatic rings. The van der Waals surface area contributed by atoms with Gasteiger partial charge in [-0.25, -0.2) is 4.79 Å². The fourth-order valence-electron chi connectivity index (χ4n) is 2.50. The molecular formula is C18H22O2. The zero-order valence-electron chi connectivity index (χ0n) is 12.7. The Morgan fingerprint density at radius 2 is 1.90 bits per heavy atom. The Bertz CT molecular complexity index is 584. The van der Waals surface area contributed by atoms with E-state index < -0.39 is 0 Å². The Hall–Kier alpha value is -1.83. The first-order valence-corrected chi connectivity index (χ1v) is 7.31. The molecule has 0 heterocycles. The van der Waals surface area contributed by atoms with Gasteiger partial charge in [0.05, 0.1) is 12.2 Å². The van der Waals surface area contributed by atoms with Gasteiger partial charge < -0.3 is 4.74 Å². The molecule has 0 aromatic rings. The first-order valence-electron chi connectivity index (χ1n) is 7.31. The van der Waals surface area contributed by atoms with E-state index in [4.69, 9.17) is 4.74 Å². The van der Waals surface area contributed by atoms with Crippen LogP contribution in [0.25, 0.3) is 11.1 Å². The lowest BCUT2D eigenvalue weighted by Crippen LogP contribution is -2.04. The predicted octanol–water partition coefficient (Wildman–Crippen LogP) is 4.65. The quantitative estimate of drug-likeness (QED) is 0.756. The largest absolute Gasteiger partial charge is 0.462 e. The van der Waals surface area contributed by atoms with Crippen molar-refractivity contribution in [2.24, 2.45) is 0 Å². The molecule has 0 saturated carbocycles. The van der Waals surface area contributed by atoms with Gasteiger partial charge >= 0.3 is 5.97 Å². The molecule has 20 heavy (non-hydrogen) atoms. The minimum atomic E-state index is -0.224. The average Bonchev–Trinajstić information content (AvgIpc) is 2.61. The summed E-state index contributed by atoms with van der Waals surface area (Å²) >= 11 is 0. The number of ether oxygens (including phenoxy) is 1. The second-order valence-electron chi connectivity index (χ2n) is 5.31. The standard InChI is InChI=1S/C18H22O2/c1-5-13-10-17(18(19)20-6-2)16-11-14(12(3)4)8-7-9-15(13)16/h7-12H,5-6H2,1-4H3. The summed E-state index contributed by atoms with van der Waals surface area (Å²) in [4.78, 5) is 12.1. The van der Waals surface area contributed by atoms with Crippen LogP contribution in [0.5, 0.6) is 0 Å². The van der Waals surface area contributed by atoms with Crippen LogP contribution in [0.2, 0.25) is 0 Å². The van der Waals surface area contributed by atoms with E-state index in [0.717, 1.165) is 17.5 Å². The molecule has 0 atom stereocenters. The molecule has 2 nitrogen and oxygen atoms in total. The Morgan fingerprint density at radius 1 is 1.15 bits per heavy atom. The van der Waals surface area contributed by atoms with Gasteiger partial charge in [-0.3, -0.25) is 0 Å². The van der Waals surface area contributed by atoms with Crippen LogP contribution in [-0.4, -0.2) is 12.6 Å². The van der Waals surface area contributed by atoms with Crippen molar-refractivity contribution in [3.8, 4) is 11.1 Å². The summed E-state index contributed by atoms with van der Waals surface area (Å²) in [6.07, 6.45) is 0.914. The van der Waals surface area contributed by atoms with Crippen molar-refractivity contribution in [3.63, 3.8) is 0 Å². The van der Waals surface area contributed by atoms with E-state index in [1.165, 1.54) is 11.1 Å². The molecule has 0 aromatic heterocycles. The van der Waals surface area contributed by atoms with Gasteiger partial charge in [-0.15, -0.1) is 0 Å². The van der Waals surface area contributed by atoms with Gasteiger partial charge in [-0.05, 0) is 47.6 Å². The smallest absolute Gasteiger partial charge is 0.338 e. The monoisotopic (exact) mass is 270 g/mol. The Labute approximate surface area is 121 Å². The molecule has 0 amide bonds. The maximum atomic E-state index is 12.1. The molecule has 0 bridgehead atoms. The van der Waals surface area contributed by atoms with Gasteiger partial charge in [0, 0.05) is 0 Å². The third kappa shape index (κ3) is 2.69. The Balaban J connectivity index is 2.63. The number of aryl methyl sites for hydroxylation is 1. The summed E-state index contributed by atoms with van der Waals surface area (Å²) in [5, 5.41) is 0. The second kappa shape index (κ2) is 6.08. The number of hydrogen-bond acceptors (Lipinski definition) is 2. The summed E-state index contributed by atoms with van der Waals surface area (Å²) in [5.41, 5.74) is 5.29. The van der Waals surface area contributed by atoms with Crippen LogP contribution < -0.4 is 0 Å². The zero-order chi connectivity index (χ0) is 14.7. The van der Waals surface area contributed by atoms with Crippen LogP contribution in [-0.2, 0) is 11.2 Å². The lowest BCUT2D eigenvalue weighted by atomic mass is 10.0. The van der Waals surface area contributed by atoms with E-state index >= 15 is 0 Å². The van der Waals surface area contributed by atoms with Gasteiger partial charge in [0.15, 0.2) is 0 Å². The van der Waals surface area contributed by atoms with Crippen molar-refractivity contribution in [1.29, 1.82) is 0 Å². The minimum Gasteiger partial charge on any atom is -0.462 e. The topological polar surface area (TPSA) is 26.3 Å². The summed E-state index contributed by atoms with van der Waals surface area (Å²) in [5.74, 6) is 0.207. The summed E-state index contributed by atoms with van der Waals surface area (Å²) in [6.45, 7) is 8.68. The summed E-state index contributed by atoms with van der Waals surface area (Å²) < 4.78 is 5.19. The van der Waals surface area contributed by atoms with Crippen molar-refractivity contribution in [2.75, 3.05) is 6.61 Å². The van der Waals surface area contributed by atoms with Gasteiger partial charge in [-0.2, -0.15) is 0 Å². The van der Waals surface area contributed by atoms with Crippen molar-refractivity contribution < 1.29 is 9.53 Å². The van der Waals surface area contributed by atoms with Crippen LogP contribution >= 0.6 is 0 Å². The maximum absolute atomic E-state index is 12.1. The van der Waals surface area contributed by atoms with Crippen molar-refractivity contribution >= 4 is 5.97 Å². The molecule has 0 aromatic carbocycles. The number of fused-ring (bicyclic) bond motifs is 1. The molecule has 106 valence electrons. The normalized spacial score (nSPS) is 11.1. The number of carbonyl (C=O) groups excluding carboxylic acids is 1. The van der Waals surface area contributed by atoms with Gasteiger partial charge in [0.1, 0.15) is 0 Å². The molecule has 0 unspecified atom stereocenters. The maximum Gasteiger partial charge on any atom is 0.338 e. The van der Waals surface area contributed by atoms with Crippen LogP contribution in [0.1, 0.15) is 55.1 Å². The highest BCUT2D eigenvalue weighted by Crippen LogP contribution is 2.34. The molecule has 0 fully saturated rings. The first-order chi connectivity index (χ1) is 9.58. The minimum absolute atomic E-state index is 0.224. The average molecular weight is 270 g/mol. The third-order valence-corrected chi connectivity index (χ3v) is 3.65. The van der Waals surface area contributed by atoms with Crippen molar-refractivity contribution in [2.45, 2.75) is 40.0 Å². The van der Waals surface area contributed by atoms with Gasteiger partial charge in [0.2, 0.25) is 0 Å². The highest BCUT2D eigenvalue weighted by molar-refractivity contribution is 6.00. The van der Waals surface area contributed by atoms with E-state index in [-0.39, 0.29) is 5.97 Å². The SMILES string of the molecule is CCOC(=O)c1cc(CC)c2cccc(C(C)C)cc1-2. The zero-order valence-corrected chi connectivity index (χ0v) is 12.7. The molecule has 0 aliphatic heterocycles. The van der Waals surface area contributed by atoms with E-state index in [0.29, 0.717) is 18.1 Å². The predicted molar refractivity (Wildman–Crippen MR) is 82.5 cm³/mol. The number of esters is 1. The van der Waals surface area contributed by atoms with E-state index in [1.54, 1.807) is 0 Å². The second-order valence-corrected chi connectivity index (χ2v) is 5.31. The van der Waals surface area contributed by atoms with Gasteiger partial charge in [0.25, 0.3) is 0 Å². The number of carbonyl (C=O) groups is 1. The highest BCUT2D eigenvalue weighted by atomic mass is 16.5. The summed E-state index contributed by atoms with van der Waals surface area (Å²) in [6, 6.07) is 10.4. The van der Waals surface area contributed by atoms with Crippen molar-refractivity contribution in [1.82, 2.24) is 0 Å². The third-order valence-electron chi connectivity index (χ3n) is 3.65. The van der Waals surface area contributed by atoms with Crippen molar-refractivity contribution in [3.05, 3.63) is 47.0 Å². The number of rotatable bonds is 4. The Kier molecular flexibility index (Phi) is 4.43. The lowest BCUT2D eigenvalue weighted by Gasteiger charge is -2.05. The van der Waals surface area contributed by atoms with Gasteiger partial charge in [-0.1, -0.05) is 45.0 Å². The molecule has 0 radical (unpaired) electrons. The summed E-state index contributed by atoms with van der Waals surface area (Å²) in [7, 11) is 0. The fraction of sp³-hybridized carbons (Fsp3) is 0.389. The van der Waals surface area contributed by atoms with Crippen LogP contribution in [0.15, 0.2) is 30.3 Å². The number of hydrogen-bond donors (Lipinski definition) is 0. The molecule has 0 spiro atoms. The van der Waals surface area contributed by atoms with Crippen LogP contribution in [0.3, 0.4) is 0 Å². The lowest BCUT2D eigenvalue weighted by molar-refractivity contribution is 0.0527. The molecule has 2 rings (SSSR count). The molecule has 2 aliphatic carbocycles. The van der Waals surface area contributed by atoms with E-state index in [9.17, 15) is 4.79 Å². The fourth-order valence-corrected chi connectivity index (χ4v) is 2.50. The van der Waals surface area contributed by atoms with Crippen LogP contribution in [0.4, 0.5) is 0 Å². The molecule has 0 N–H and O–H groups in total. The van der Waals surface area contributed by atoms with E-state index in [1.807, 2.05) is 13.0 Å². The van der Waals surface area contributed by atoms with E-state index in [2.05, 4.69) is 45.0 Å². The molecule has 0 saturated heterocycles. The Morgan fingerprint density at radius 3 is 2.50 bits per heavy atom. The molecular weight excluding hydrogens is 248 g/mol. The molecule has 2 heteroatoms. The first kappa shape index (κ1) is 14.6.